The van der Waals surface area contributed by atoms with Gasteiger partial charge in [-0.05, 0) is 32.2 Å². The number of nitrogens with one attached hydrogen (secondary N) is 1. The monoisotopic (exact) mass is 299 g/mol. The normalized spacial score (nSPS) is 30.2. The first kappa shape index (κ1) is 14.0. The first-order chi connectivity index (χ1) is 9.65. The lowest BCUT2D eigenvalue weighted by molar-refractivity contribution is 0.296. The zero-order chi connectivity index (χ0) is 14.0. The van der Waals surface area contributed by atoms with Gasteiger partial charge in [-0.3, -0.25) is 0 Å². The standard InChI is InChI=1S/C13H21N3O3S/c17-20(18)8-4-2-5-10(20)9-12-15-13(19-16-12)11-6-1-3-7-14-11/h10-11,14H,1-9H2. The predicted octanol–water partition coefficient (Wildman–Crippen LogP) is 1.39. The Kier molecular flexibility index (Phi) is 4.07. The Balaban J connectivity index is 1.67. The van der Waals surface area contributed by atoms with E-state index in [1.54, 1.807) is 0 Å². The Bertz CT molecular complexity index is 549. The van der Waals surface area contributed by atoms with E-state index in [0.717, 1.165) is 32.2 Å². The highest BCUT2D eigenvalue weighted by Crippen LogP contribution is 2.24. The summed E-state index contributed by atoms with van der Waals surface area (Å²) in [6, 6.07) is 0.132. The summed E-state index contributed by atoms with van der Waals surface area (Å²) in [4.78, 5) is 4.39. The molecule has 2 aliphatic heterocycles. The number of aromatic nitrogens is 2. The minimum absolute atomic E-state index is 0.132. The second kappa shape index (κ2) is 5.81. The van der Waals surface area contributed by atoms with Crippen LogP contribution < -0.4 is 5.32 Å². The molecule has 2 fully saturated rings. The molecule has 0 spiro atoms. The van der Waals surface area contributed by atoms with Gasteiger partial charge in [0.2, 0.25) is 5.89 Å². The van der Waals surface area contributed by atoms with Crippen LogP contribution in [-0.2, 0) is 16.3 Å². The van der Waals surface area contributed by atoms with E-state index in [1.165, 1.54) is 6.42 Å². The Labute approximate surface area is 119 Å². The van der Waals surface area contributed by atoms with Crippen molar-refractivity contribution in [2.75, 3.05) is 12.3 Å². The molecule has 0 bridgehead atoms. The van der Waals surface area contributed by atoms with Gasteiger partial charge in [0.25, 0.3) is 0 Å². The molecule has 2 saturated heterocycles. The van der Waals surface area contributed by atoms with Crippen molar-refractivity contribution >= 4 is 9.84 Å². The molecule has 2 unspecified atom stereocenters. The van der Waals surface area contributed by atoms with Crippen molar-refractivity contribution in [3.8, 4) is 0 Å². The summed E-state index contributed by atoms with van der Waals surface area (Å²) < 4.78 is 29.3. The fraction of sp³-hybridized carbons (Fsp3) is 0.846. The van der Waals surface area contributed by atoms with Gasteiger partial charge >= 0.3 is 0 Å². The summed E-state index contributed by atoms with van der Waals surface area (Å²) in [6.45, 7) is 0.972. The van der Waals surface area contributed by atoms with Crippen LogP contribution in [0, 0.1) is 0 Å². The second-order valence-electron chi connectivity index (χ2n) is 5.74. The molecule has 1 N–H and O–H groups in total. The zero-order valence-electron chi connectivity index (χ0n) is 11.5. The largest absolute Gasteiger partial charge is 0.338 e. The number of rotatable bonds is 3. The molecule has 0 radical (unpaired) electrons. The van der Waals surface area contributed by atoms with Crippen LogP contribution in [0.3, 0.4) is 0 Å². The maximum Gasteiger partial charge on any atom is 0.243 e. The van der Waals surface area contributed by atoms with E-state index < -0.39 is 9.84 Å². The summed E-state index contributed by atoms with van der Waals surface area (Å²) in [5.74, 6) is 1.43. The van der Waals surface area contributed by atoms with Gasteiger partial charge in [-0.15, -0.1) is 0 Å². The van der Waals surface area contributed by atoms with Crippen LogP contribution >= 0.6 is 0 Å². The maximum atomic E-state index is 12.0. The number of sulfone groups is 1. The van der Waals surface area contributed by atoms with Crippen LogP contribution in [0.1, 0.15) is 56.3 Å². The van der Waals surface area contributed by atoms with E-state index in [-0.39, 0.29) is 11.3 Å². The number of nitrogens with zero attached hydrogens (tertiary/aromatic N) is 2. The molecule has 0 aromatic carbocycles. The third-order valence-electron chi connectivity index (χ3n) is 4.22. The van der Waals surface area contributed by atoms with Gasteiger partial charge in [0.1, 0.15) is 0 Å². The van der Waals surface area contributed by atoms with Crippen molar-refractivity contribution in [2.45, 2.75) is 56.2 Å². The Morgan fingerprint density at radius 2 is 2.05 bits per heavy atom. The topological polar surface area (TPSA) is 85.1 Å². The fourth-order valence-electron chi connectivity index (χ4n) is 3.01. The van der Waals surface area contributed by atoms with Crippen molar-refractivity contribution in [2.24, 2.45) is 0 Å². The molecule has 0 amide bonds. The Morgan fingerprint density at radius 3 is 2.80 bits per heavy atom. The van der Waals surface area contributed by atoms with E-state index in [1.807, 2.05) is 0 Å². The molecule has 112 valence electrons. The molecule has 20 heavy (non-hydrogen) atoms. The number of hydrogen-bond acceptors (Lipinski definition) is 6. The van der Waals surface area contributed by atoms with E-state index in [9.17, 15) is 8.42 Å². The van der Waals surface area contributed by atoms with E-state index in [2.05, 4.69) is 15.5 Å². The van der Waals surface area contributed by atoms with Crippen LogP contribution in [0.25, 0.3) is 0 Å². The number of hydrogen-bond donors (Lipinski definition) is 1. The molecule has 6 nitrogen and oxygen atoms in total. The van der Waals surface area contributed by atoms with Gasteiger partial charge < -0.3 is 9.84 Å². The second-order valence-corrected chi connectivity index (χ2v) is 8.14. The van der Waals surface area contributed by atoms with Crippen molar-refractivity contribution in [1.29, 1.82) is 0 Å². The molecule has 3 rings (SSSR count). The third-order valence-corrected chi connectivity index (χ3v) is 6.49. The molecule has 1 aromatic heterocycles. The lowest BCUT2D eigenvalue weighted by Gasteiger charge is -2.20. The Morgan fingerprint density at radius 1 is 1.20 bits per heavy atom. The van der Waals surface area contributed by atoms with Gasteiger partial charge in [-0.2, -0.15) is 4.98 Å². The minimum atomic E-state index is -2.97. The molecule has 2 aliphatic rings. The summed E-state index contributed by atoms with van der Waals surface area (Å²) in [5, 5.41) is 6.98. The van der Waals surface area contributed by atoms with Crippen LogP contribution in [0.15, 0.2) is 4.52 Å². The molecular weight excluding hydrogens is 278 g/mol. The first-order valence-electron chi connectivity index (χ1n) is 7.42. The van der Waals surface area contributed by atoms with E-state index in [0.29, 0.717) is 30.3 Å². The predicted molar refractivity (Wildman–Crippen MR) is 74.0 cm³/mol. The molecule has 7 heteroatoms. The van der Waals surface area contributed by atoms with Gasteiger partial charge in [0, 0.05) is 6.42 Å². The van der Waals surface area contributed by atoms with E-state index in [4.69, 9.17) is 4.52 Å². The molecule has 0 saturated carbocycles. The molecule has 3 heterocycles. The quantitative estimate of drug-likeness (QED) is 0.908. The molecule has 2 atom stereocenters. The van der Waals surface area contributed by atoms with Crippen molar-refractivity contribution in [1.82, 2.24) is 15.5 Å². The molecule has 1 aromatic rings. The van der Waals surface area contributed by atoms with Crippen LogP contribution in [0.2, 0.25) is 0 Å². The van der Waals surface area contributed by atoms with Crippen LogP contribution in [0.4, 0.5) is 0 Å². The molecular formula is C13H21N3O3S. The van der Waals surface area contributed by atoms with Crippen LogP contribution in [-0.4, -0.2) is 36.1 Å². The average molecular weight is 299 g/mol. The lowest BCUT2D eigenvalue weighted by atomic mass is 10.1. The lowest BCUT2D eigenvalue weighted by Crippen LogP contribution is -2.30. The summed E-state index contributed by atoms with van der Waals surface area (Å²) in [6.07, 6.45) is 6.20. The summed E-state index contributed by atoms with van der Waals surface area (Å²) in [7, 11) is -2.97. The van der Waals surface area contributed by atoms with Crippen molar-refractivity contribution in [3.63, 3.8) is 0 Å². The van der Waals surface area contributed by atoms with Gasteiger partial charge in [-0.25, -0.2) is 8.42 Å². The van der Waals surface area contributed by atoms with Gasteiger partial charge in [0.05, 0.1) is 17.0 Å². The highest BCUT2D eigenvalue weighted by Gasteiger charge is 2.31. The van der Waals surface area contributed by atoms with Crippen molar-refractivity contribution < 1.29 is 12.9 Å². The third kappa shape index (κ3) is 3.03. The average Bonchev–Trinajstić information content (AvgIpc) is 2.91. The SMILES string of the molecule is O=S1(=O)CCCCC1Cc1noc(C2CCCCN2)n1. The maximum absolute atomic E-state index is 12.0. The number of piperidine rings is 1. The van der Waals surface area contributed by atoms with Gasteiger partial charge in [-0.1, -0.05) is 18.0 Å². The smallest absolute Gasteiger partial charge is 0.243 e. The summed E-state index contributed by atoms with van der Waals surface area (Å²) in [5.41, 5.74) is 0. The van der Waals surface area contributed by atoms with Gasteiger partial charge in [0.15, 0.2) is 15.7 Å². The minimum Gasteiger partial charge on any atom is -0.338 e. The Hall–Kier alpha value is -0.950. The summed E-state index contributed by atoms with van der Waals surface area (Å²) >= 11 is 0. The highest BCUT2D eigenvalue weighted by atomic mass is 32.2. The van der Waals surface area contributed by atoms with Crippen LogP contribution in [0.5, 0.6) is 0 Å². The first-order valence-corrected chi connectivity index (χ1v) is 9.14. The highest BCUT2D eigenvalue weighted by molar-refractivity contribution is 7.92. The molecule has 0 aliphatic carbocycles. The zero-order valence-corrected chi connectivity index (χ0v) is 12.4. The van der Waals surface area contributed by atoms with Crippen molar-refractivity contribution in [3.05, 3.63) is 11.7 Å². The fourth-order valence-corrected chi connectivity index (χ4v) is 4.88. The van der Waals surface area contributed by atoms with E-state index >= 15 is 0 Å².